The fourth-order valence-electron chi connectivity index (χ4n) is 2.34. The molecule has 1 atom stereocenters. The van der Waals surface area contributed by atoms with E-state index in [1.54, 1.807) is 0 Å². The molecule has 4 heteroatoms. The van der Waals surface area contributed by atoms with Crippen LogP contribution in [-0.4, -0.2) is 45.8 Å². The molecule has 2 aliphatic rings. The number of nitrogens with zero attached hydrogens (tertiary/aromatic N) is 1. The number of benzene rings is 1. The molecule has 0 bridgehead atoms. The molecule has 136 valence electrons. The summed E-state index contributed by atoms with van der Waals surface area (Å²) in [5.41, 5.74) is 0.822. The third-order valence-corrected chi connectivity index (χ3v) is 6.33. The first-order valence-electron chi connectivity index (χ1n) is 8.39. The minimum absolute atomic E-state index is 0. The Kier molecular flexibility index (Phi) is 12.1. The van der Waals surface area contributed by atoms with E-state index in [-0.39, 0.29) is 37.8 Å². The Morgan fingerprint density at radius 3 is 2.08 bits per heavy atom. The van der Waals surface area contributed by atoms with Crippen LogP contribution >= 0.6 is 0 Å². The summed E-state index contributed by atoms with van der Waals surface area (Å²) < 4.78 is 0. The first kappa shape index (κ1) is 23.9. The molecule has 2 aliphatic carbocycles. The molecule has 0 aliphatic heterocycles. The summed E-state index contributed by atoms with van der Waals surface area (Å²) in [5, 5.41) is 0.633. The van der Waals surface area contributed by atoms with E-state index in [0.717, 1.165) is 5.56 Å². The zero-order chi connectivity index (χ0) is 18.1. The van der Waals surface area contributed by atoms with Gasteiger partial charge in [0.05, 0.1) is 0 Å². The van der Waals surface area contributed by atoms with Crippen molar-refractivity contribution in [1.82, 2.24) is 4.90 Å². The fourth-order valence-corrected chi connectivity index (χ4v) is 4.51. The van der Waals surface area contributed by atoms with E-state index in [1.165, 1.54) is 10.7 Å². The molecule has 0 aromatic heterocycles. The molecule has 2 fully saturated rings. The number of hydrogen-bond donors (Lipinski definition) is 0. The second-order valence-electron chi connectivity index (χ2n) is 6.03. The minimum atomic E-state index is 0. The molecule has 3 rings (SSSR count). The number of Topliss-reactive ketones (excluding diaryl/α,β-unsaturated/α-hetero) is 1. The molecule has 26 heavy (non-hydrogen) atoms. The zero-order valence-corrected chi connectivity index (χ0v) is 18.2. The van der Waals surface area contributed by atoms with Gasteiger partial charge in [0.15, 0.2) is 0 Å². The van der Waals surface area contributed by atoms with E-state index >= 15 is 0 Å². The van der Waals surface area contributed by atoms with Gasteiger partial charge in [-0.1, -0.05) is 0 Å². The van der Waals surface area contributed by atoms with E-state index in [0.29, 0.717) is 11.4 Å². The van der Waals surface area contributed by atoms with Gasteiger partial charge in [0.2, 0.25) is 0 Å². The number of carbonyl (C=O) groups is 1. The molecule has 1 aromatic rings. The van der Waals surface area contributed by atoms with Gasteiger partial charge in [0.1, 0.15) is 0 Å². The van der Waals surface area contributed by atoms with E-state index in [1.807, 2.05) is 62.4 Å². The van der Waals surface area contributed by atoms with Crippen molar-refractivity contribution in [2.75, 3.05) is 14.1 Å². The molecule has 2 saturated carbocycles. The van der Waals surface area contributed by atoms with Crippen LogP contribution in [0.15, 0.2) is 30.3 Å². The van der Waals surface area contributed by atoms with Gasteiger partial charge in [-0.3, -0.25) is 0 Å². The van der Waals surface area contributed by atoms with Crippen LogP contribution in [0.3, 0.4) is 0 Å². The van der Waals surface area contributed by atoms with Crippen molar-refractivity contribution in [3.63, 3.8) is 0 Å². The second-order valence-corrected chi connectivity index (χ2v) is 8.16. The van der Waals surface area contributed by atoms with E-state index in [4.69, 9.17) is 0 Å². The molecule has 0 N–H and O–H groups in total. The Hall–Kier alpha value is -0.111. The molecular weight excluding hydrogens is 429 g/mol. The number of rotatable bonds is 6. The van der Waals surface area contributed by atoms with E-state index in [2.05, 4.69) is 45.2 Å². The van der Waals surface area contributed by atoms with Crippen molar-refractivity contribution in [2.24, 2.45) is 0 Å². The third kappa shape index (κ3) is 7.87. The summed E-state index contributed by atoms with van der Waals surface area (Å²) in [6.07, 6.45) is 16.4. The summed E-state index contributed by atoms with van der Waals surface area (Å²) in [6.45, 7) is 2.20. The van der Waals surface area contributed by atoms with Crippen LogP contribution in [-0.2, 0) is 17.1 Å². The Balaban J connectivity index is 0.000000486. The van der Waals surface area contributed by atoms with Crippen molar-refractivity contribution in [3.8, 4) is 0 Å². The van der Waals surface area contributed by atoms with Gasteiger partial charge in [-0.05, 0) is 32.1 Å². The van der Waals surface area contributed by atoms with Gasteiger partial charge in [-0.15, -0.1) is 0 Å². The van der Waals surface area contributed by atoms with Crippen LogP contribution in [0.2, 0.25) is 5.32 Å². The maximum Gasteiger partial charge on any atom is 2.00 e. The average molecular weight is 454 g/mol. The SMILES string of the molecule is C[C@H]([C]1[CH][CH][CH][C]1[Se]CC(=O)c1ccccc1)N(C)C.[CH]1[CH][CH][CH][CH]1.[Fe+2]. The van der Waals surface area contributed by atoms with E-state index in [9.17, 15) is 4.79 Å². The van der Waals surface area contributed by atoms with Crippen LogP contribution in [0, 0.1) is 62.1 Å². The molecule has 0 heterocycles. The summed E-state index contributed by atoms with van der Waals surface area (Å²) in [5.74, 6) is 1.60. The van der Waals surface area contributed by atoms with Crippen molar-refractivity contribution < 1.29 is 21.9 Å². The number of hydrogen-bond acceptors (Lipinski definition) is 2. The maximum absolute atomic E-state index is 12.2. The number of carbonyl (C=O) groups excluding carboxylic acids is 1. The van der Waals surface area contributed by atoms with Crippen LogP contribution in [0.1, 0.15) is 17.3 Å². The van der Waals surface area contributed by atoms with Gasteiger partial charge < -0.3 is 0 Å². The van der Waals surface area contributed by atoms with Gasteiger partial charge in [0, 0.05) is 0 Å². The largest absolute Gasteiger partial charge is 2.00 e. The molecule has 0 spiro atoms. The molecular formula is C22H25FeNOSe+2. The Morgan fingerprint density at radius 1 is 0.962 bits per heavy atom. The standard InChI is InChI=1S/C17H20NOSe.C5H5.Fe/c1-13(18(2)3)15-10-7-11-17(15)20-12-16(19)14-8-5-4-6-9-14;1-2-4-5-3-1;/h4-11,13H,12H2,1-3H3;1-5H;/q;;+2/t13-;;/m1../s1. The van der Waals surface area contributed by atoms with Crippen LogP contribution in [0.25, 0.3) is 0 Å². The van der Waals surface area contributed by atoms with Crippen molar-refractivity contribution in [1.29, 1.82) is 0 Å². The topological polar surface area (TPSA) is 20.3 Å². The fraction of sp³-hybridized carbons (Fsp3) is 0.227. The van der Waals surface area contributed by atoms with Crippen molar-refractivity contribution >= 4 is 20.7 Å². The predicted molar refractivity (Wildman–Crippen MR) is 105 cm³/mol. The smallest absolute Gasteiger partial charge is 0.0312 e. The van der Waals surface area contributed by atoms with Gasteiger partial charge >= 0.3 is 146 Å². The molecule has 10 radical (unpaired) electrons. The quantitative estimate of drug-likeness (QED) is 0.483. The van der Waals surface area contributed by atoms with Crippen LogP contribution in [0.5, 0.6) is 0 Å². The Morgan fingerprint density at radius 2 is 1.54 bits per heavy atom. The third-order valence-electron chi connectivity index (χ3n) is 4.04. The van der Waals surface area contributed by atoms with Crippen LogP contribution in [0.4, 0.5) is 0 Å². The maximum atomic E-state index is 12.2. The molecule has 0 saturated heterocycles. The van der Waals surface area contributed by atoms with Crippen molar-refractivity contribution in [2.45, 2.75) is 18.3 Å². The minimum Gasteiger partial charge on any atom is -0.0312 e. The molecule has 0 amide bonds. The molecule has 2 nitrogen and oxygen atoms in total. The summed E-state index contributed by atoms with van der Waals surface area (Å²) >= 11 is 0.204. The predicted octanol–water partition coefficient (Wildman–Crippen LogP) is 3.69. The van der Waals surface area contributed by atoms with Crippen molar-refractivity contribution in [3.05, 3.63) is 98.0 Å². The summed E-state index contributed by atoms with van der Waals surface area (Å²) in [6, 6.07) is 9.97. The normalized spacial score (nSPS) is 18.9. The Labute approximate surface area is 177 Å². The molecule has 0 unspecified atom stereocenters. The average Bonchev–Trinajstić information content (AvgIpc) is 3.34. The Bertz CT molecular complexity index is 497. The first-order valence-corrected chi connectivity index (χ1v) is 10.5. The van der Waals surface area contributed by atoms with E-state index < -0.39 is 0 Å². The monoisotopic (exact) mass is 455 g/mol. The van der Waals surface area contributed by atoms with Gasteiger partial charge in [-0.25, -0.2) is 0 Å². The van der Waals surface area contributed by atoms with Gasteiger partial charge in [0.25, 0.3) is 0 Å². The van der Waals surface area contributed by atoms with Gasteiger partial charge in [-0.2, -0.15) is 0 Å². The zero-order valence-electron chi connectivity index (χ0n) is 15.4. The van der Waals surface area contributed by atoms with Crippen LogP contribution < -0.4 is 0 Å². The summed E-state index contributed by atoms with van der Waals surface area (Å²) in [7, 11) is 4.17. The number of ketones is 1. The first-order chi connectivity index (χ1) is 12.1. The summed E-state index contributed by atoms with van der Waals surface area (Å²) in [4.78, 5) is 15.7. The molecule has 1 aromatic carbocycles. The second kappa shape index (κ2) is 13.1.